The van der Waals surface area contributed by atoms with E-state index in [1.165, 1.54) is 0 Å². The van der Waals surface area contributed by atoms with Gasteiger partial charge in [0.2, 0.25) is 0 Å². The molecular formula is C20H15NO. The van der Waals surface area contributed by atoms with Crippen molar-refractivity contribution in [1.29, 1.82) is 5.26 Å². The van der Waals surface area contributed by atoms with Crippen LogP contribution in [0.15, 0.2) is 78.9 Å². The molecule has 0 bridgehead atoms. The number of nitriles is 1. The normalized spacial score (nSPS) is 11.6. The van der Waals surface area contributed by atoms with Crippen LogP contribution in [0.3, 0.4) is 0 Å². The predicted octanol–water partition coefficient (Wildman–Crippen LogP) is 4.31. The van der Waals surface area contributed by atoms with Crippen LogP contribution in [-0.4, -0.2) is 5.11 Å². The highest BCUT2D eigenvalue weighted by molar-refractivity contribution is 5.64. The Hall–Kier alpha value is -2.89. The average molecular weight is 285 g/mol. The zero-order chi connectivity index (χ0) is 15.4. The third-order valence-corrected chi connectivity index (χ3v) is 3.69. The summed E-state index contributed by atoms with van der Waals surface area (Å²) in [6.07, 6.45) is -0.615. The van der Waals surface area contributed by atoms with Crippen molar-refractivity contribution in [2.24, 2.45) is 0 Å². The number of hydrogen-bond acceptors (Lipinski definition) is 2. The van der Waals surface area contributed by atoms with Crippen LogP contribution in [0.4, 0.5) is 0 Å². The van der Waals surface area contributed by atoms with Gasteiger partial charge < -0.3 is 5.11 Å². The molecule has 0 radical (unpaired) electrons. The summed E-state index contributed by atoms with van der Waals surface area (Å²) in [4.78, 5) is 0. The summed E-state index contributed by atoms with van der Waals surface area (Å²) < 4.78 is 0. The largest absolute Gasteiger partial charge is 0.384 e. The number of rotatable bonds is 3. The van der Waals surface area contributed by atoms with Crippen molar-refractivity contribution in [3.63, 3.8) is 0 Å². The third-order valence-electron chi connectivity index (χ3n) is 3.69. The Balaban J connectivity index is 1.85. The molecule has 0 saturated heterocycles. The van der Waals surface area contributed by atoms with Crippen molar-refractivity contribution in [3.05, 3.63) is 95.6 Å². The second-order valence-electron chi connectivity index (χ2n) is 5.12. The molecule has 0 amide bonds. The molecule has 2 heteroatoms. The van der Waals surface area contributed by atoms with Gasteiger partial charge in [-0.1, -0.05) is 66.7 Å². The lowest BCUT2D eigenvalue weighted by Gasteiger charge is -2.12. The average Bonchev–Trinajstić information content (AvgIpc) is 2.62. The van der Waals surface area contributed by atoms with Gasteiger partial charge in [-0.3, -0.25) is 0 Å². The van der Waals surface area contributed by atoms with Gasteiger partial charge in [-0.15, -0.1) is 0 Å². The highest BCUT2D eigenvalue weighted by Crippen LogP contribution is 2.25. The van der Waals surface area contributed by atoms with Crippen LogP contribution in [0.5, 0.6) is 0 Å². The van der Waals surface area contributed by atoms with Crippen molar-refractivity contribution in [1.82, 2.24) is 0 Å². The molecule has 22 heavy (non-hydrogen) atoms. The maximum absolute atomic E-state index is 10.4. The standard InChI is InChI=1S/C20H15NO/c21-14-15-6-8-16(9-7-15)17-10-12-19(13-11-17)20(22)18-4-2-1-3-5-18/h1-13,20,22H. The maximum Gasteiger partial charge on any atom is 0.104 e. The summed E-state index contributed by atoms with van der Waals surface area (Å²) in [5.41, 5.74) is 4.52. The number of nitrogens with zero attached hydrogens (tertiary/aromatic N) is 1. The Bertz CT molecular complexity index is 784. The van der Waals surface area contributed by atoms with Crippen molar-refractivity contribution < 1.29 is 5.11 Å². The molecule has 0 aliphatic carbocycles. The molecular weight excluding hydrogens is 270 g/mol. The van der Waals surface area contributed by atoms with Gasteiger partial charge in [-0.05, 0) is 34.4 Å². The van der Waals surface area contributed by atoms with E-state index in [0.29, 0.717) is 5.56 Å². The van der Waals surface area contributed by atoms with E-state index in [2.05, 4.69) is 6.07 Å². The van der Waals surface area contributed by atoms with Gasteiger partial charge in [-0.2, -0.15) is 5.26 Å². The van der Waals surface area contributed by atoms with Crippen molar-refractivity contribution >= 4 is 0 Å². The van der Waals surface area contributed by atoms with Crippen LogP contribution in [0.25, 0.3) is 11.1 Å². The zero-order valence-corrected chi connectivity index (χ0v) is 12.0. The van der Waals surface area contributed by atoms with Crippen LogP contribution in [-0.2, 0) is 0 Å². The van der Waals surface area contributed by atoms with E-state index in [1.807, 2.05) is 78.9 Å². The molecule has 2 nitrogen and oxygen atoms in total. The van der Waals surface area contributed by atoms with Gasteiger partial charge in [0.15, 0.2) is 0 Å². The SMILES string of the molecule is N#Cc1ccc(-c2ccc(C(O)c3ccccc3)cc2)cc1. The van der Waals surface area contributed by atoms with Crippen molar-refractivity contribution in [3.8, 4) is 17.2 Å². The van der Waals surface area contributed by atoms with E-state index in [4.69, 9.17) is 5.26 Å². The predicted molar refractivity (Wildman–Crippen MR) is 87.1 cm³/mol. The molecule has 0 spiro atoms. The molecule has 106 valence electrons. The number of aliphatic hydroxyl groups is 1. The van der Waals surface area contributed by atoms with E-state index in [-0.39, 0.29) is 0 Å². The Morgan fingerprint density at radius 2 is 1.18 bits per heavy atom. The highest BCUT2D eigenvalue weighted by atomic mass is 16.3. The first-order valence-electron chi connectivity index (χ1n) is 7.11. The Morgan fingerprint density at radius 3 is 1.73 bits per heavy atom. The van der Waals surface area contributed by atoms with E-state index < -0.39 is 6.10 Å². The summed E-state index contributed by atoms with van der Waals surface area (Å²) in [5, 5.41) is 19.2. The zero-order valence-electron chi connectivity index (χ0n) is 12.0. The second-order valence-corrected chi connectivity index (χ2v) is 5.12. The Labute approximate surface area is 129 Å². The van der Waals surface area contributed by atoms with Gasteiger partial charge >= 0.3 is 0 Å². The fourth-order valence-electron chi connectivity index (χ4n) is 2.42. The Morgan fingerprint density at radius 1 is 0.682 bits per heavy atom. The minimum Gasteiger partial charge on any atom is -0.384 e. The molecule has 0 saturated carbocycles. The molecule has 0 aliphatic heterocycles. The first-order valence-corrected chi connectivity index (χ1v) is 7.11. The summed E-state index contributed by atoms with van der Waals surface area (Å²) in [5.74, 6) is 0. The van der Waals surface area contributed by atoms with Crippen molar-refractivity contribution in [2.75, 3.05) is 0 Å². The summed E-state index contributed by atoms with van der Waals surface area (Å²) in [6.45, 7) is 0. The van der Waals surface area contributed by atoms with Crippen LogP contribution in [0, 0.1) is 11.3 Å². The second kappa shape index (κ2) is 6.26. The van der Waals surface area contributed by atoms with Gasteiger partial charge in [0.1, 0.15) is 6.10 Å². The molecule has 0 aromatic heterocycles. The molecule has 3 aromatic rings. The lowest BCUT2D eigenvalue weighted by Crippen LogP contribution is -1.98. The maximum atomic E-state index is 10.4. The van der Waals surface area contributed by atoms with E-state index in [0.717, 1.165) is 22.3 Å². The van der Waals surface area contributed by atoms with Gasteiger partial charge in [0.05, 0.1) is 11.6 Å². The quantitative estimate of drug-likeness (QED) is 0.779. The lowest BCUT2D eigenvalue weighted by atomic mass is 9.98. The number of benzene rings is 3. The van der Waals surface area contributed by atoms with Crippen LogP contribution >= 0.6 is 0 Å². The minimum absolute atomic E-state index is 0.615. The fraction of sp³-hybridized carbons (Fsp3) is 0.0500. The lowest BCUT2D eigenvalue weighted by molar-refractivity contribution is 0.220. The third kappa shape index (κ3) is 2.90. The fourth-order valence-corrected chi connectivity index (χ4v) is 2.42. The van der Waals surface area contributed by atoms with E-state index >= 15 is 0 Å². The summed E-state index contributed by atoms with van der Waals surface area (Å²) in [6, 6.07) is 27.0. The van der Waals surface area contributed by atoms with Crippen LogP contribution in [0.2, 0.25) is 0 Å². The smallest absolute Gasteiger partial charge is 0.104 e. The van der Waals surface area contributed by atoms with Crippen LogP contribution < -0.4 is 0 Å². The number of aliphatic hydroxyl groups excluding tert-OH is 1. The van der Waals surface area contributed by atoms with Crippen molar-refractivity contribution in [2.45, 2.75) is 6.10 Å². The molecule has 1 N–H and O–H groups in total. The Kier molecular flexibility index (Phi) is 4.00. The first kappa shape index (κ1) is 14.1. The molecule has 0 aliphatic rings. The number of hydrogen-bond donors (Lipinski definition) is 1. The summed E-state index contributed by atoms with van der Waals surface area (Å²) >= 11 is 0. The summed E-state index contributed by atoms with van der Waals surface area (Å²) in [7, 11) is 0. The molecule has 1 unspecified atom stereocenters. The molecule has 1 atom stereocenters. The topological polar surface area (TPSA) is 44.0 Å². The molecule has 0 heterocycles. The van der Waals surface area contributed by atoms with Gasteiger partial charge in [0, 0.05) is 0 Å². The highest BCUT2D eigenvalue weighted by Gasteiger charge is 2.09. The van der Waals surface area contributed by atoms with E-state index in [9.17, 15) is 5.11 Å². The monoisotopic (exact) mass is 285 g/mol. The molecule has 3 aromatic carbocycles. The van der Waals surface area contributed by atoms with Crippen LogP contribution in [0.1, 0.15) is 22.8 Å². The van der Waals surface area contributed by atoms with Gasteiger partial charge in [0.25, 0.3) is 0 Å². The first-order chi connectivity index (χ1) is 10.8. The molecule has 3 rings (SSSR count). The van der Waals surface area contributed by atoms with E-state index in [1.54, 1.807) is 0 Å². The minimum atomic E-state index is -0.615. The molecule has 0 fully saturated rings. The van der Waals surface area contributed by atoms with Gasteiger partial charge in [-0.25, -0.2) is 0 Å².